The minimum Gasteiger partial charge on any atom is -0.495 e. The van der Waals surface area contributed by atoms with Gasteiger partial charge in [0.15, 0.2) is 0 Å². The fourth-order valence-corrected chi connectivity index (χ4v) is 4.32. The Bertz CT molecular complexity index is 1390. The monoisotopic (exact) mass is 513 g/mol. The van der Waals surface area contributed by atoms with Gasteiger partial charge in [-0.15, -0.1) is 13.2 Å². The molecule has 1 aliphatic rings. The van der Waals surface area contributed by atoms with Crippen molar-refractivity contribution in [2.75, 3.05) is 18.6 Å². The maximum atomic E-state index is 13.6. The molecule has 9 nitrogen and oxygen atoms in total. The predicted octanol–water partition coefficient (Wildman–Crippen LogP) is 3.66. The topological polar surface area (TPSA) is 123 Å². The van der Waals surface area contributed by atoms with Crippen LogP contribution in [0.1, 0.15) is 38.9 Å². The highest BCUT2D eigenvalue weighted by molar-refractivity contribution is 6.15. The van der Waals surface area contributed by atoms with Crippen LogP contribution in [0.2, 0.25) is 0 Å². The number of anilines is 1. The van der Waals surface area contributed by atoms with Crippen molar-refractivity contribution in [2.24, 2.45) is 5.73 Å². The molecule has 3 aromatic rings. The van der Waals surface area contributed by atoms with Gasteiger partial charge in [0, 0.05) is 11.3 Å². The van der Waals surface area contributed by atoms with Gasteiger partial charge in [0.05, 0.1) is 37.4 Å². The van der Waals surface area contributed by atoms with E-state index in [0.29, 0.717) is 22.6 Å². The molecule has 2 heterocycles. The van der Waals surface area contributed by atoms with Crippen LogP contribution >= 0.6 is 0 Å². The van der Waals surface area contributed by atoms with E-state index in [1.54, 1.807) is 43.3 Å². The lowest BCUT2D eigenvalue weighted by atomic mass is 10.0. The van der Waals surface area contributed by atoms with Gasteiger partial charge in [-0.05, 0) is 49.2 Å². The third-order valence-electron chi connectivity index (χ3n) is 5.96. The van der Waals surface area contributed by atoms with E-state index in [4.69, 9.17) is 10.5 Å². The van der Waals surface area contributed by atoms with E-state index in [9.17, 15) is 28.0 Å². The van der Waals surface area contributed by atoms with Gasteiger partial charge in [-0.1, -0.05) is 12.1 Å². The number of methoxy groups -OCH3 is 1. The average Bonchev–Trinajstić information content (AvgIpc) is 3.23. The van der Waals surface area contributed by atoms with Crippen LogP contribution in [-0.4, -0.2) is 47.7 Å². The van der Waals surface area contributed by atoms with Gasteiger partial charge in [-0.2, -0.15) is 10.4 Å². The number of alkyl halides is 3. The van der Waals surface area contributed by atoms with Crippen molar-refractivity contribution in [3.63, 3.8) is 0 Å². The molecule has 1 aromatic heterocycles. The molecule has 2 amide bonds. The first kappa shape index (κ1) is 25.7. The highest BCUT2D eigenvalue weighted by atomic mass is 19.4. The van der Waals surface area contributed by atoms with E-state index in [2.05, 4.69) is 9.84 Å². The second-order valence-corrected chi connectivity index (χ2v) is 8.38. The number of hydrogen-bond donors (Lipinski definition) is 1. The van der Waals surface area contributed by atoms with Crippen LogP contribution in [0.15, 0.2) is 42.5 Å². The summed E-state index contributed by atoms with van der Waals surface area (Å²) in [6, 6.07) is 12.8. The Hall–Kier alpha value is -4.37. The molecule has 0 bridgehead atoms. The number of carbonyl (C=O) groups is 2. The summed E-state index contributed by atoms with van der Waals surface area (Å²) in [5, 5.41) is 13.9. The first-order chi connectivity index (χ1) is 17.5. The number of nitrogens with two attached hydrogens (primary N) is 1. The molecule has 0 saturated carbocycles. The van der Waals surface area contributed by atoms with Gasteiger partial charge in [0.25, 0.3) is 11.8 Å². The van der Waals surface area contributed by atoms with Gasteiger partial charge in [0.1, 0.15) is 23.2 Å². The molecular weight excluding hydrogens is 491 g/mol. The van der Waals surface area contributed by atoms with Crippen molar-refractivity contribution in [1.29, 1.82) is 5.26 Å². The van der Waals surface area contributed by atoms with Crippen LogP contribution in [0.3, 0.4) is 0 Å². The minimum absolute atomic E-state index is 0.0116. The lowest BCUT2D eigenvalue weighted by Gasteiger charge is -2.34. The van der Waals surface area contributed by atoms with Crippen molar-refractivity contribution in [3.8, 4) is 23.1 Å². The Morgan fingerprint density at radius 3 is 2.54 bits per heavy atom. The van der Waals surface area contributed by atoms with Crippen molar-refractivity contribution < 1.29 is 32.2 Å². The summed E-state index contributed by atoms with van der Waals surface area (Å²) < 4.78 is 47.1. The minimum atomic E-state index is -4.70. The van der Waals surface area contributed by atoms with Crippen LogP contribution in [0.4, 0.5) is 18.9 Å². The fraction of sp³-hybridized carbons (Fsp3) is 0.280. The number of nitrogens with zero attached hydrogens (tertiary/aromatic N) is 4. The number of aromatic nitrogens is 2. The molecule has 0 radical (unpaired) electrons. The number of halogens is 3. The highest BCUT2D eigenvalue weighted by Gasteiger charge is 2.38. The SMILES string of the molecule is COc1ccc(-c2nn3c(c2C(N)=O)C(=O)N(c2ccc(CCOC(F)(F)F)cc2)C(C)C3)cc1C#N. The molecule has 4 rings (SSSR count). The molecule has 0 spiro atoms. The lowest BCUT2D eigenvalue weighted by molar-refractivity contribution is -0.324. The molecule has 0 fully saturated rings. The Labute approximate surface area is 209 Å². The molecule has 1 aliphatic heterocycles. The van der Waals surface area contributed by atoms with Gasteiger partial charge in [-0.3, -0.25) is 19.0 Å². The number of carbonyl (C=O) groups excluding carboxylic acids is 2. The first-order valence-electron chi connectivity index (χ1n) is 11.2. The summed E-state index contributed by atoms with van der Waals surface area (Å²) in [6.07, 6.45) is -4.66. The summed E-state index contributed by atoms with van der Waals surface area (Å²) in [4.78, 5) is 27.6. The van der Waals surface area contributed by atoms with E-state index < -0.39 is 24.8 Å². The van der Waals surface area contributed by atoms with Crippen molar-refractivity contribution >= 4 is 17.5 Å². The summed E-state index contributed by atoms with van der Waals surface area (Å²) in [5.74, 6) is -1.01. The zero-order valence-electron chi connectivity index (χ0n) is 19.9. The molecule has 37 heavy (non-hydrogen) atoms. The van der Waals surface area contributed by atoms with E-state index in [-0.39, 0.29) is 41.5 Å². The molecule has 2 aromatic carbocycles. The molecular formula is C25H22F3N5O4. The number of ether oxygens (including phenoxy) is 2. The zero-order chi connectivity index (χ0) is 26.9. The van der Waals surface area contributed by atoms with E-state index >= 15 is 0 Å². The number of nitriles is 1. The predicted molar refractivity (Wildman–Crippen MR) is 126 cm³/mol. The quantitative estimate of drug-likeness (QED) is 0.514. The Balaban J connectivity index is 1.68. The smallest absolute Gasteiger partial charge is 0.495 e. The van der Waals surface area contributed by atoms with Crippen LogP contribution in [0, 0.1) is 11.3 Å². The second-order valence-electron chi connectivity index (χ2n) is 8.38. The molecule has 1 unspecified atom stereocenters. The van der Waals surface area contributed by atoms with Crippen LogP contribution < -0.4 is 15.4 Å². The number of rotatable bonds is 7. The van der Waals surface area contributed by atoms with Gasteiger partial charge in [0.2, 0.25) is 0 Å². The number of fused-ring (bicyclic) bond motifs is 1. The van der Waals surface area contributed by atoms with E-state index in [1.165, 1.54) is 22.8 Å². The third kappa shape index (κ3) is 5.12. The number of amides is 2. The van der Waals surface area contributed by atoms with Crippen LogP contribution in [-0.2, 0) is 17.7 Å². The average molecular weight is 513 g/mol. The summed E-state index contributed by atoms with van der Waals surface area (Å²) in [5.41, 5.74) is 7.54. The Morgan fingerprint density at radius 2 is 1.95 bits per heavy atom. The summed E-state index contributed by atoms with van der Waals surface area (Å²) in [7, 11) is 1.43. The maximum absolute atomic E-state index is 13.6. The normalized spacial score (nSPS) is 15.3. The van der Waals surface area contributed by atoms with Gasteiger partial charge in [-0.25, -0.2) is 0 Å². The van der Waals surface area contributed by atoms with Crippen LogP contribution in [0.25, 0.3) is 11.3 Å². The molecule has 2 N–H and O–H groups in total. The van der Waals surface area contributed by atoms with Gasteiger partial charge >= 0.3 is 6.36 Å². The number of primary amides is 1. The van der Waals surface area contributed by atoms with E-state index in [1.807, 2.05) is 6.07 Å². The number of benzene rings is 2. The molecule has 0 saturated heterocycles. The maximum Gasteiger partial charge on any atom is 0.522 e. The molecule has 0 aliphatic carbocycles. The Kier molecular flexibility index (Phi) is 6.91. The highest BCUT2D eigenvalue weighted by Crippen LogP contribution is 2.34. The Morgan fingerprint density at radius 1 is 1.24 bits per heavy atom. The fourth-order valence-electron chi connectivity index (χ4n) is 4.32. The summed E-state index contributed by atoms with van der Waals surface area (Å²) in [6.45, 7) is 1.53. The zero-order valence-corrected chi connectivity index (χ0v) is 19.9. The van der Waals surface area contributed by atoms with Gasteiger partial charge < -0.3 is 15.4 Å². The molecule has 12 heteroatoms. The summed E-state index contributed by atoms with van der Waals surface area (Å²) >= 11 is 0. The van der Waals surface area contributed by atoms with Crippen molar-refractivity contribution in [1.82, 2.24) is 9.78 Å². The largest absolute Gasteiger partial charge is 0.522 e. The standard InChI is InChI=1S/C25H22F3N5O4/c1-14-13-32-22(20(23(30)34)21(31-32)16-5-8-19(36-2)17(11-16)12-29)24(35)33(14)18-6-3-15(4-7-18)9-10-37-25(26,27)28/h3-8,11,14H,9-10,13H2,1-2H3,(H2,30,34). The molecule has 192 valence electrons. The number of hydrogen-bond acceptors (Lipinski definition) is 6. The van der Waals surface area contributed by atoms with Crippen LogP contribution in [0.5, 0.6) is 5.75 Å². The lowest BCUT2D eigenvalue weighted by Crippen LogP contribution is -2.47. The van der Waals surface area contributed by atoms with Crippen molar-refractivity contribution in [2.45, 2.75) is 32.3 Å². The third-order valence-corrected chi connectivity index (χ3v) is 5.96. The van der Waals surface area contributed by atoms with E-state index in [0.717, 1.165) is 0 Å². The molecule has 1 atom stereocenters. The first-order valence-corrected chi connectivity index (χ1v) is 11.2. The second kappa shape index (κ2) is 9.94. The van der Waals surface area contributed by atoms with Crippen molar-refractivity contribution in [3.05, 3.63) is 64.8 Å².